The van der Waals surface area contributed by atoms with Crippen LogP contribution in [-0.4, -0.2) is 32.0 Å². The zero-order valence-electron chi connectivity index (χ0n) is 13.0. The first kappa shape index (κ1) is 14.5. The van der Waals surface area contributed by atoms with Gasteiger partial charge in [0.2, 0.25) is 0 Å². The van der Waals surface area contributed by atoms with E-state index in [1.54, 1.807) is 37.9 Å². The van der Waals surface area contributed by atoms with E-state index < -0.39 is 5.60 Å². The number of methoxy groups -OCH3 is 1. The maximum Gasteiger partial charge on any atom is 0.160 e. The van der Waals surface area contributed by atoms with E-state index in [0.29, 0.717) is 17.3 Å². The van der Waals surface area contributed by atoms with Gasteiger partial charge < -0.3 is 9.84 Å². The molecule has 0 aliphatic carbocycles. The van der Waals surface area contributed by atoms with Crippen LogP contribution in [0, 0.1) is 6.07 Å². The van der Waals surface area contributed by atoms with Gasteiger partial charge >= 0.3 is 0 Å². The highest BCUT2D eigenvalue weighted by molar-refractivity contribution is 5.93. The van der Waals surface area contributed by atoms with E-state index in [2.05, 4.69) is 21.1 Å². The van der Waals surface area contributed by atoms with E-state index in [1.807, 2.05) is 19.2 Å². The van der Waals surface area contributed by atoms with E-state index in [9.17, 15) is 5.11 Å². The molecule has 1 N–H and O–H groups in total. The van der Waals surface area contributed by atoms with E-state index in [0.717, 1.165) is 16.6 Å². The fraction of sp³-hybridized carbons (Fsp3) is 0.312. The first-order chi connectivity index (χ1) is 10.4. The first-order valence-corrected chi connectivity index (χ1v) is 6.89. The quantitative estimate of drug-likeness (QED) is 0.801. The third-order valence-corrected chi connectivity index (χ3v) is 3.42. The zero-order valence-corrected chi connectivity index (χ0v) is 13.0. The average Bonchev–Trinajstić information content (AvgIpc) is 2.83. The Kier molecular flexibility index (Phi) is 3.33. The van der Waals surface area contributed by atoms with Gasteiger partial charge in [0, 0.05) is 30.8 Å². The summed E-state index contributed by atoms with van der Waals surface area (Å²) in [5.74, 6) is 1.02. The molecule has 1 radical (unpaired) electrons. The molecule has 0 unspecified atom stereocenters. The van der Waals surface area contributed by atoms with Crippen LogP contribution in [0.1, 0.15) is 19.7 Å². The summed E-state index contributed by atoms with van der Waals surface area (Å²) in [7, 11) is 3.47. The van der Waals surface area contributed by atoms with Crippen LogP contribution in [0.25, 0.3) is 22.3 Å². The van der Waals surface area contributed by atoms with Crippen molar-refractivity contribution in [2.24, 2.45) is 7.05 Å². The molecular formula is C16H17N4O2. The van der Waals surface area contributed by atoms with E-state index >= 15 is 0 Å². The van der Waals surface area contributed by atoms with Crippen molar-refractivity contribution < 1.29 is 9.84 Å². The Morgan fingerprint density at radius 1 is 1.36 bits per heavy atom. The topological polar surface area (TPSA) is 73.1 Å². The number of hydrogen-bond acceptors (Lipinski definition) is 5. The number of aliphatic hydroxyl groups is 1. The van der Waals surface area contributed by atoms with Crippen molar-refractivity contribution in [1.82, 2.24) is 19.7 Å². The number of nitrogens with zero attached hydrogens (tertiary/aromatic N) is 4. The summed E-state index contributed by atoms with van der Waals surface area (Å²) in [6.45, 7) is 3.31. The molecular weight excluding hydrogens is 280 g/mol. The van der Waals surface area contributed by atoms with Gasteiger partial charge in [-0.2, -0.15) is 5.10 Å². The Morgan fingerprint density at radius 2 is 2.14 bits per heavy atom. The highest BCUT2D eigenvalue weighted by atomic mass is 16.5. The van der Waals surface area contributed by atoms with Gasteiger partial charge in [-0.25, -0.2) is 9.97 Å². The van der Waals surface area contributed by atoms with Crippen LogP contribution in [-0.2, 0) is 12.6 Å². The minimum Gasteiger partial charge on any atom is -0.496 e. The second-order valence-electron chi connectivity index (χ2n) is 5.60. The Hall–Kier alpha value is -2.47. The first-order valence-electron chi connectivity index (χ1n) is 6.89. The molecule has 0 aliphatic heterocycles. The lowest BCUT2D eigenvalue weighted by atomic mass is 10.1. The fourth-order valence-corrected chi connectivity index (χ4v) is 2.27. The van der Waals surface area contributed by atoms with Crippen LogP contribution >= 0.6 is 0 Å². The molecule has 3 rings (SSSR count). The fourth-order valence-electron chi connectivity index (χ4n) is 2.27. The van der Waals surface area contributed by atoms with Gasteiger partial charge in [0.25, 0.3) is 0 Å². The van der Waals surface area contributed by atoms with Gasteiger partial charge in [0.15, 0.2) is 5.82 Å². The van der Waals surface area contributed by atoms with Crippen LogP contribution in [0.3, 0.4) is 0 Å². The standard InChI is InChI=1S/C16H17N4O2/c1-16(2,21)15-17-8-7-12(18-15)14-11-6-5-10(22-4)9-13(11)20(3)19-14/h6-9,21H,1-4H3. The number of aromatic nitrogens is 4. The third kappa shape index (κ3) is 2.42. The molecule has 22 heavy (non-hydrogen) atoms. The summed E-state index contributed by atoms with van der Waals surface area (Å²) in [5.41, 5.74) is 1.21. The van der Waals surface area contributed by atoms with Crippen LogP contribution in [0.15, 0.2) is 24.4 Å². The Bertz CT molecular complexity index is 834. The molecule has 0 saturated carbocycles. The number of ether oxygens (including phenoxy) is 1. The molecule has 2 aromatic heterocycles. The summed E-state index contributed by atoms with van der Waals surface area (Å²) in [6, 6.07) is 8.55. The predicted octanol–water partition coefficient (Wildman–Crippen LogP) is 2.07. The lowest BCUT2D eigenvalue weighted by molar-refractivity contribution is 0.0688. The van der Waals surface area contributed by atoms with Crippen molar-refractivity contribution in [3.63, 3.8) is 0 Å². The second kappa shape index (κ2) is 5.06. The van der Waals surface area contributed by atoms with Crippen LogP contribution in [0.5, 0.6) is 5.75 Å². The molecule has 0 amide bonds. The Labute approximate surface area is 128 Å². The highest BCUT2D eigenvalue weighted by Gasteiger charge is 2.21. The normalized spacial score (nSPS) is 11.9. The molecule has 113 valence electrons. The Morgan fingerprint density at radius 3 is 2.82 bits per heavy atom. The van der Waals surface area contributed by atoms with Crippen LogP contribution in [0.4, 0.5) is 0 Å². The summed E-state index contributed by atoms with van der Waals surface area (Å²) in [5, 5.41) is 15.5. The zero-order chi connectivity index (χ0) is 15.9. The predicted molar refractivity (Wildman–Crippen MR) is 82.4 cm³/mol. The average molecular weight is 297 g/mol. The van der Waals surface area contributed by atoms with E-state index in [1.165, 1.54) is 0 Å². The van der Waals surface area contributed by atoms with Crippen LogP contribution in [0.2, 0.25) is 0 Å². The minimum atomic E-state index is -1.10. The number of aryl methyl sites for hydroxylation is 1. The van der Waals surface area contributed by atoms with Gasteiger partial charge in [-0.15, -0.1) is 0 Å². The maximum absolute atomic E-state index is 10.1. The van der Waals surface area contributed by atoms with Crippen LogP contribution < -0.4 is 4.74 Å². The molecule has 2 heterocycles. The number of hydrogen-bond donors (Lipinski definition) is 1. The lowest BCUT2D eigenvalue weighted by Crippen LogP contribution is -2.19. The van der Waals surface area contributed by atoms with Crippen molar-refractivity contribution in [3.8, 4) is 17.1 Å². The molecule has 0 fully saturated rings. The van der Waals surface area contributed by atoms with Crippen molar-refractivity contribution in [3.05, 3.63) is 36.3 Å². The van der Waals surface area contributed by atoms with Gasteiger partial charge in [0.05, 0.1) is 18.3 Å². The monoisotopic (exact) mass is 297 g/mol. The van der Waals surface area contributed by atoms with Gasteiger partial charge in [-0.1, -0.05) is 0 Å². The number of fused-ring (bicyclic) bond motifs is 1. The highest BCUT2D eigenvalue weighted by Crippen LogP contribution is 2.29. The maximum atomic E-state index is 10.1. The SMILES string of the molecule is COc1[c]cc2c(-c3ccnc(C(C)(C)O)n3)nn(C)c2c1. The second-order valence-corrected chi connectivity index (χ2v) is 5.60. The minimum absolute atomic E-state index is 0.362. The van der Waals surface area contributed by atoms with Gasteiger partial charge in [-0.3, -0.25) is 4.68 Å². The largest absolute Gasteiger partial charge is 0.496 e. The van der Waals surface area contributed by atoms with Crippen molar-refractivity contribution >= 4 is 10.9 Å². The smallest absolute Gasteiger partial charge is 0.160 e. The number of benzene rings is 1. The summed E-state index contributed by atoms with van der Waals surface area (Å²) >= 11 is 0. The molecule has 6 nitrogen and oxygen atoms in total. The van der Waals surface area contributed by atoms with E-state index in [4.69, 9.17) is 4.74 Å². The molecule has 3 aromatic rings. The summed E-state index contributed by atoms with van der Waals surface area (Å²) < 4.78 is 6.97. The number of rotatable bonds is 3. The molecule has 1 aromatic carbocycles. The van der Waals surface area contributed by atoms with Gasteiger partial charge in [0.1, 0.15) is 17.0 Å². The third-order valence-electron chi connectivity index (χ3n) is 3.42. The molecule has 0 aliphatic rings. The molecule has 6 heteroatoms. The summed E-state index contributed by atoms with van der Waals surface area (Å²) in [4.78, 5) is 8.57. The lowest BCUT2D eigenvalue weighted by Gasteiger charge is -2.15. The molecule has 0 saturated heterocycles. The van der Waals surface area contributed by atoms with E-state index in [-0.39, 0.29) is 0 Å². The molecule has 0 spiro atoms. The van der Waals surface area contributed by atoms with Crippen molar-refractivity contribution in [2.45, 2.75) is 19.4 Å². The van der Waals surface area contributed by atoms with Crippen molar-refractivity contribution in [1.29, 1.82) is 0 Å². The Balaban J connectivity index is 2.19. The summed E-state index contributed by atoms with van der Waals surface area (Å²) in [6.07, 6.45) is 1.63. The molecule has 0 bridgehead atoms. The van der Waals surface area contributed by atoms with Gasteiger partial charge in [-0.05, 0) is 26.0 Å². The molecule has 0 atom stereocenters. The van der Waals surface area contributed by atoms with Crippen molar-refractivity contribution in [2.75, 3.05) is 7.11 Å².